The van der Waals surface area contributed by atoms with Crippen LogP contribution < -0.4 is 0 Å². The van der Waals surface area contributed by atoms with Gasteiger partial charge in [-0.1, -0.05) is 6.92 Å². The first-order valence-corrected chi connectivity index (χ1v) is 6.07. The highest BCUT2D eigenvalue weighted by Gasteiger charge is 2.29. The molecule has 3 heteroatoms. The molecule has 0 spiro atoms. The second-order valence-electron chi connectivity index (χ2n) is 5.06. The van der Waals surface area contributed by atoms with Crippen molar-refractivity contribution in [2.45, 2.75) is 51.7 Å². The summed E-state index contributed by atoms with van der Waals surface area (Å²) in [5.41, 5.74) is 0.162. The Hall–Kier alpha value is -0.120. The van der Waals surface area contributed by atoms with Crippen LogP contribution in [0, 0.1) is 0 Å². The van der Waals surface area contributed by atoms with Crippen LogP contribution in [0.4, 0.5) is 0 Å². The molecule has 1 atom stereocenters. The predicted molar refractivity (Wildman–Crippen MR) is 62.0 cm³/mol. The Morgan fingerprint density at radius 3 is 2.80 bits per heavy atom. The molecule has 0 amide bonds. The third-order valence-electron chi connectivity index (χ3n) is 3.25. The van der Waals surface area contributed by atoms with Crippen molar-refractivity contribution in [2.75, 3.05) is 26.3 Å². The van der Waals surface area contributed by atoms with Crippen LogP contribution in [0.15, 0.2) is 0 Å². The van der Waals surface area contributed by atoms with Crippen LogP contribution in [-0.2, 0) is 4.74 Å². The van der Waals surface area contributed by atoms with Gasteiger partial charge in [0.2, 0.25) is 0 Å². The minimum absolute atomic E-state index is 0.117. The van der Waals surface area contributed by atoms with Gasteiger partial charge in [0.1, 0.15) is 0 Å². The van der Waals surface area contributed by atoms with Crippen LogP contribution in [0.1, 0.15) is 40.0 Å². The molecule has 1 aliphatic rings. The molecule has 1 rings (SSSR count). The van der Waals surface area contributed by atoms with E-state index in [2.05, 4.69) is 18.7 Å². The SMILES string of the molecule is CCC(O)CCCN1CCOCC1(C)C. The van der Waals surface area contributed by atoms with E-state index in [4.69, 9.17) is 4.74 Å². The van der Waals surface area contributed by atoms with Gasteiger partial charge in [-0.2, -0.15) is 0 Å². The van der Waals surface area contributed by atoms with E-state index in [1.165, 1.54) is 0 Å². The average molecular weight is 215 g/mol. The van der Waals surface area contributed by atoms with Gasteiger partial charge in [0.15, 0.2) is 0 Å². The molecule has 15 heavy (non-hydrogen) atoms. The summed E-state index contributed by atoms with van der Waals surface area (Å²) in [6, 6.07) is 0. The molecule has 1 fully saturated rings. The molecule has 1 heterocycles. The molecule has 1 N–H and O–H groups in total. The van der Waals surface area contributed by atoms with E-state index in [9.17, 15) is 5.11 Å². The Morgan fingerprint density at radius 1 is 1.47 bits per heavy atom. The highest BCUT2D eigenvalue weighted by atomic mass is 16.5. The van der Waals surface area contributed by atoms with Crippen molar-refractivity contribution >= 4 is 0 Å². The zero-order valence-corrected chi connectivity index (χ0v) is 10.3. The summed E-state index contributed by atoms with van der Waals surface area (Å²) < 4.78 is 5.47. The number of rotatable bonds is 5. The average Bonchev–Trinajstić information content (AvgIpc) is 2.20. The molecule has 0 saturated carbocycles. The molecule has 3 nitrogen and oxygen atoms in total. The largest absolute Gasteiger partial charge is 0.393 e. The topological polar surface area (TPSA) is 32.7 Å². The van der Waals surface area contributed by atoms with Gasteiger partial charge < -0.3 is 9.84 Å². The van der Waals surface area contributed by atoms with E-state index in [-0.39, 0.29) is 11.6 Å². The van der Waals surface area contributed by atoms with Gasteiger partial charge in [-0.15, -0.1) is 0 Å². The molecule has 0 aromatic heterocycles. The molecule has 1 unspecified atom stereocenters. The van der Waals surface area contributed by atoms with E-state index in [0.29, 0.717) is 0 Å². The summed E-state index contributed by atoms with van der Waals surface area (Å²) in [5.74, 6) is 0. The van der Waals surface area contributed by atoms with Crippen molar-refractivity contribution in [1.82, 2.24) is 4.90 Å². The zero-order chi connectivity index (χ0) is 11.3. The summed E-state index contributed by atoms with van der Waals surface area (Å²) in [6.45, 7) is 10.2. The molecule has 0 aromatic carbocycles. The lowest BCUT2D eigenvalue weighted by atomic mass is 10.0. The van der Waals surface area contributed by atoms with Crippen molar-refractivity contribution in [3.63, 3.8) is 0 Å². The minimum Gasteiger partial charge on any atom is -0.393 e. The number of aliphatic hydroxyl groups is 1. The first-order chi connectivity index (χ1) is 7.06. The van der Waals surface area contributed by atoms with Crippen molar-refractivity contribution in [1.29, 1.82) is 0 Å². The summed E-state index contributed by atoms with van der Waals surface area (Å²) >= 11 is 0. The molecule has 0 radical (unpaired) electrons. The lowest BCUT2D eigenvalue weighted by Gasteiger charge is -2.42. The van der Waals surface area contributed by atoms with Crippen molar-refractivity contribution in [3.8, 4) is 0 Å². The Balaban J connectivity index is 2.24. The lowest BCUT2D eigenvalue weighted by Crippen LogP contribution is -2.53. The normalized spacial score (nSPS) is 24.0. The van der Waals surface area contributed by atoms with E-state index in [1.54, 1.807) is 0 Å². The second kappa shape index (κ2) is 5.83. The minimum atomic E-state index is -0.117. The van der Waals surface area contributed by atoms with Gasteiger partial charge in [-0.05, 0) is 39.7 Å². The monoisotopic (exact) mass is 215 g/mol. The highest BCUT2D eigenvalue weighted by Crippen LogP contribution is 2.19. The van der Waals surface area contributed by atoms with Gasteiger partial charge in [-0.25, -0.2) is 0 Å². The molecule has 1 aliphatic heterocycles. The highest BCUT2D eigenvalue weighted by molar-refractivity contribution is 4.84. The number of aliphatic hydroxyl groups excluding tert-OH is 1. The van der Waals surface area contributed by atoms with Crippen LogP contribution in [0.3, 0.4) is 0 Å². The molecule has 0 bridgehead atoms. The Morgan fingerprint density at radius 2 is 2.20 bits per heavy atom. The maximum Gasteiger partial charge on any atom is 0.0645 e. The van der Waals surface area contributed by atoms with Crippen LogP contribution in [-0.4, -0.2) is 48.0 Å². The van der Waals surface area contributed by atoms with Gasteiger partial charge in [0.25, 0.3) is 0 Å². The van der Waals surface area contributed by atoms with Gasteiger partial charge in [0.05, 0.1) is 19.3 Å². The molecule has 90 valence electrons. The fourth-order valence-electron chi connectivity index (χ4n) is 2.03. The number of morpholine rings is 1. The zero-order valence-electron chi connectivity index (χ0n) is 10.3. The number of ether oxygens (including phenoxy) is 1. The Bertz CT molecular complexity index is 182. The summed E-state index contributed by atoms with van der Waals surface area (Å²) in [7, 11) is 0. The smallest absolute Gasteiger partial charge is 0.0645 e. The van der Waals surface area contributed by atoms with Gasteiger partial charge in [-0.3, -0.25) is 4.90 Å². The van der Waals surface area contributed by atoms with Crippen molar-refractivity contribution in [2.24, 2.45) is 0 Å². The number of hydrogen-bond acceptors (Lipinski definition) is 3. The Kier molecular flexibility index (Phi) is 5.03. The third-order valence-corrected chi connectivity index (χ3v) is 3.25. The fourth-order valence-corrected chi connectivity index (χ4v) is 2.03. The van der Waals surface area contributed by atoms with E-state index >= 15 is 0 Å². The Labute approximate surface area is 93.4 Å². The summed E-state index contributed by atoms with van der Waals surface area (Å²) in [6.07, 6.45) is 2.75. The van der Waals surface area contributed by atoms with Crippen molar-refractivity contribution < 1.29 is 9.84 Å². The first-order valence-electron chi connectivity index (χ1n) is 6.07. The fraction of sp³-hybridized carbons (Fsp3) is 1.00. The molecular weight excluding hydrogens is 190 g/mol. The number of nitrogens with zero attached hydrogens (tertiary/aromatic N) is 1. The van der Waals surface area contributed by atoms with Crippen LogP contribution >= 0.6 is 0 Å². The maximum absolute atomic E-state index is 9.47. The summed E-state index contributed by atoms with van der Waals surface area (Å²) in [5, 5.41) is 9.47. The molecule has 0 aromatic rings. The second-order valence-corrected chi connectivity index (χ2v) is 5.06. The lowest BCUT2D eigenvalue weighted by molar-refractivity contribution is -0.0522. The predicted octanol–water partition coefficient (Wildman–Crippen LogP) is 1.65. The van der Waals surface area contributed by atoms with Gasteiger partial charge >= 0.3 is 0 Å². The van der Waals surface area contributed by atoms with Crippen LogP contribution in [0.25, 0.3) is 0 Å². The molecule has 0 aliphatic carbocycles. The van der Waals surface area contributed by atoms with E-state index < -0.39 is 0 Å². The van der Waals surface area contributed by atoms with Gasteiger partial charge in [0, 0.05) is 12.1 Å². The van der Waals surface area contributed by atoms with E-state index in [0.717, 1.165) is 45.6 Å². The molecular formula is C12H25NO2. The quantitative estimate of drug-likeness (QED) is 0.757. The maximum atomic E-state index is 9.47. The first kappa shape index (κ1) is 12.9. The number of hydrogen-bond donors (Lipinski definition) is 1. The standard InChI is InChI=1S/C12H25NO2/c1-4-11(14)6-5-7-13-8-9-15-10-12(13,2)3/h11,14H,4-10H2,1-3H3. The van der Waals surface area contributed by atoms with Crippen LogP contribution in [0.5, 0.6) is 0 Å². The van der Waals surface area contributed by atoms with E-state index in [1.807, 2.05) is 6.92 Å². The third kappa shape index (κ3) is 4.09. The summed E-state index contributed by atoms with van der Waals surface area (Å²) in [4.78, 5) is 2.47. The molecule has 1 saturated heterocycles. The van der Waals surface area contributed by atoms with Crippen LogP contribution in [0.2, 0.25) is 0 Å². The van der Waals surface area contributed by atoms with Crippen molar-refractivity contribution in [3.05, 3.63) is 0 Å².